The number of aryl methyl sites for hydroxylation is 1. The Kier molecular flexibility index (Phi) is 6.89. The summed E-state index contributed by atoms with van der Waals surface area (Å²) in [5.74, 6) is 0.591. The van der Waals surface area contributed by atoms with Gasteiger partial charge in [-0.15, -0.1) is 11.3 Å². The molecule has 5 nitrogen and oxygen atoms in total. The lowest BCUT2D eigenvalue weighted by Gasteiger charge is -2.26. The number of benzene rings is 1. The monoisotopic (exact) mass is 466 g/mol. The summed E-state index contributed by atoms with van der Waals surface area (Å²) in [6, 6.07) is 9.92. The Labute approximate surface area is 194 Å². The molecule has 0 radical (unpaired) electrons. The van der Waals surface area contributed by atoms with Crippen molar-refractivity contribution in [1.82, 2.24) is 9.97 Å². The Bertz CT molecular complexity index is 1170. The van der Waals surface area contributed by atoms with E-state index in [1.165, 1.54) is 11.8 Å². The minimum Gasteiger partial charge on any atom is -0.375 e. The molecule has 0 bridgehead atoms. The first kappa shape index (κ1) is 21.8. The second-order valence-corrected chi connectivity index (χ2v) is 9.42. The van der Waals surface area contributed by atoms with Crippen molar-refractivity contribution in [3.05, 3.63) is 68.6 Å². The van der Waals surface area contributed by atoms with Crippen LogP contribution in [0.2, 0.25) is 5.02 Å². The van der Waals surface area contributed by atoms with Gasteiger partial charge in [0.1, 0.15) is 16.1 Å². The number of halogens is 1. The lowest BCUT2D eigenvalue weighted by atomic mass is 9.96. The lowest BCUT2D eigenvalue weighted by molar-refractivity contribution is 0.0151. The minimum absolute atomic E-state index is 0.218. The van der Waals surface area contributed by atoms with E-state index in [0.29, 0.717) is 44.9 Å². The Morgan fingerprint density at radius 1 is 1.32 bits per heavy atom. The van der Waals surface area contributed by atoms with Crippen LogP contribution in [0, 0.1) is 24.8 Å². The third-order valence-corrected chi connectivity index (χ3v) is 7.28. The van der Waals surface area contributed by atoms with Crippen LogP contribution >= 0.6 is 34.7 Å². The Balaban J connectivity index is 1.60. The van der Waals surface area contributed by atoms with Crippen molar-refractivity contribution in [3.63, 3.8) is 0 Å². The lowest BCUT2D eigenvalue weighted by Crippen LogP contribution is -2.14. The average Bonchev–Trinajstić information content (AvgIpc) is 3.27. The van der Waals surface area contributed by atoms with Crippen LogP contribution in [-0.4, -0.2) is 16.6 Å². The summed E-state index contributed by atoms with van der Waals surface area (Å²) >= 11 is 9.03. The molecule has 4 rings (SSSR count). The van der Waals surface area contributed by atoms with E-state index in [0.717, 1.165) is 35.5 Å². The first-order valence-electron chi connectivity index (χ1n) is 9.87. The van der Waals surface area contributed by atoms with Crippen molar-refractivity contribution in [2.45, 2.75) is 43.1 Å². The molecule has 1 saturated heterocycles. The van der Waals surface area contributed by atoms with Crippen LogP contribution in [0.1, 0.15) is 47.9 Å². The number of aromatic nitrogens is 2. The van der Waals surface area contributed by atoms with E-state index < -0.39 is 0 Å². The van der Waals surface area contributed by atoms with Crippen molar-refractivity contribution in [2.75, 3.05) is 6.61 Å². The second kappa shape index (κ2) is 9.80. The highest BCUT2D eigenvalue weighted by Gasteiger charge is 2.27. The van der Waals surface area contributed by atoms with E-state index in [1.54, 1.807) is 11.3 Å². The van der Waals surface area contributed by atoms with Gasteiger partial charge < -0.3 is 4.74 Å². The van der Waals surface area contributed by atoms with Gasteiger partial charge in [0.15, 0.2) is 0 Å². The van der Waals surface area contributed by atoms with E-state index in [9.17, 15) is 5.26 Å². The summed E-state index contributed by atoms with van der Waals surface area (Å²) in [6.45, 7) is 10.1. The van der Waals surface area contributed by atoms with E-state index in [1.807, 2.05) is 36.6 Å². The predicted octanol–water partition coefficient (Wildman–Crippen LogP) is 7.12. The summed E-state index contributed by atoms with van der Waals surface area (Å²) in [5, 5.41) is 14.2. The van der Waals surface area contributed by atoms with Crippen molar-refractivity contribution < 1.29 is 4.74 Å². The molecular weight excluding hydrogens is 448 g/mol. The molecule has 1 aliphatic heterocycles. The van der Waals surface area contributed by atoms with Crippen LogP contribution in [0.3, 0.4) is 0 Å². The van der Waals surface area contributed by atoms with Crippen LogP contribution in [0.4, 0.5) is 5.69 Å². The molecule has 0 saturated carbocycles. The van der Waals surface area contributed by atoms with Gasteiger partial charge in [-0.05, 0) is 38.3 Å². The van der Waals surface area contributed by atoms with Crippen LogP contribution in [0.25, 0.3) is 15.4 Å². The van der Waals surface area contributed by atoms with Gasteiger partial charge >= 0.3 is 0 Å². The molecule has 3 aromatic rings. The standard InChI is InChI=1S/C23H19ClN4OS2/c1-14-21(26-2)20(19-5-3-4-10-29-19)18(11-25)23(27-14)31-13-17-12-30-22(28-17)15-6-8-16(24)9-7-15/h6-9,12,19H,3-5,10,13H2,1H3. The fourth-order valence-corrected chi connectivity index (χ4v) is 5.56. The molecule has 0 amide bonds. The number of pyridine rings is 1. The zero-order valence-corrected chi connectivity index (χ0v) is 19.3. The topological polar surface area (TPSA) is 63.2 Å². The highest BCUT2D eigenvalue weighted by atomic mass is 35.5. The van der Waals surface area contributed by atoms with Crippen LogP contribution in [0.5, 0.6) is 0 Å². The Morgan fingerprint density at radius 3 is 2.81 bits per heavy atom. The van der Waals surface area contributed by atoms with Gasteiger partial charge in [-0.2, -0.15) is 5.26 Å². The molecular formula is C23H19ClN4OS2. The van der Waals surface area contributed by atoms with Crippen molar-refractivity contribution in [1.29, 1.82) is 5.26 Å². The zero-order valence-electron chi connectivity index (χ0n) is 16.9. The van der Waals surface area contributed by atoms with E-state index in [2.05, 4.69) is 15.9 Å². The number of hydrogen-bond acceptors (Lipinski definition) is 6. The average molecular weight is 467 g/mol. The van der Waals surface area contributed by atoms with Crippen LogP contribution in [-0.2, 0) is 10.5 Å². The summed E-state index contributed by atoms with van der Waals surface area (Å²) in [5.41, 5.74) is 4.20. The molecule has 1 unspecified atom stereocenters. The van der Waals surface area contributed by atoms with Gasteiger partial charge in [-0.1, -0.05) is 35.5 Å². The van der Waals surface area contributed by atoms with Gasteiger partial charge in [0.05, 0.1) is 23.9 Å². The maximum atomic E-state index is 9.93. The molecule has 3 heterocycles. The van der Waals surface area contributed by atoms with E-state index >= 15 is 0 Å². The number of thiazole rings is 1. The molecule has 0 N–H and O–H groups in total. The molecule has 2 aromatic heterocycles. The summed E-state index contributed by atoms with van der Waals surface area (Å²) in [6.07, 6.45) is 2.64. The second-order valence-electron chi connectivity index (χ2n) is 7.16. The third-order valence-electron chi connectivity index (χ3n) is 5.08. The number of rotatable bonds is 5. The summed E-state index contributed by atoms with van der Waals surface area (Å²) in [4.78, 5) is 13.0. The van der Waals surface area contributed by atoms with Crippen molar-refractivity contribution in [2.24, 2.45) is 0 Å². The number of nitriles is 1. The summed E-state index contributed by atoms with van der Waals surface area (Å²) in [7, 11) is 0. The highest BCUT2D eigenvalue weighted by molar-refractivity contribution is 7.98. The van der Waals surface area contributed by atoms with Crippen LogP contribution in [0.15, 0.2) is 34.7 Å². The maximum absolute atomic E-state index is 9.93. The normalized spacial score (nSPS) is 15.9. The first-order valence-corrected chi connectivity index (χ1v) is 12.1. The molecule has 0 aliphatic carbocycles. The number of hydrogen-bond donors (Lipinski definition) is 0. The van der Waals surface area contributed by atoms with Crippen molar-refractivity contribution in [3.8, 4) is 16.6 Å². The SMILES string of the molecule is [C-]#[N+]c1c(C)nc(SCc2csc(-c3ccc(Cl)cc3)n2)c(C#N)c1C1CCCCO1. The van der Waals surface area contributed by atoms with Gasteiger partial charge in [0.2, 0.25) is 5.69 Å². The first-order chi connectivity index (χ1) is 15.1. The molecule has 31 heavy (non-hydrogen) atoms. The zero-order chi connectivity index (χ0) is 21.8. The third kappa shape index (κ3) is 4.76. The quantitative estimate of drug-likeness (QED) is 0.295. The van der Waals surface area contributed by atoms with Gasteiger partial charge in [-0.25, -0.2) is 9.83 Å². The number of thioether (sulfide) groups is 1. The highest BCUT2D eigenvalue weighted by Crippen LogP contribution is 2.41. The fourth-order valence-electron chi connectivity index (χ4n) is 3.57. The van der Waals surface area contributed by atoms with E-state index in [4.69, 9.17) is 27.9 Å². The van der Waals surface area contributed by atoms with Crippen LogP contribution < -0.4 is 0 Å². The minimum atomic E-state index is -0.218. The number of ether oxygens (including phenoxy) is 1. The van der Waals surface area contributed by atoms with Crippen molar-refractivity contribution >= 4 is 40.4 Å². The molecule has 1 atom stereocenters. The predicted molar refractivity (Wildman–Crippen MR) is 125 cm³/mol. The Hall–Kier alpha value is -2.42. The van der Waals surface area contributed by atoms with E-state index in [-0.39, 0.29) is 6.10 Å². The van der Waals surface area contributed by atoms with Gasteiger partial charge in [-0.3, -0.25) is 4.98 Å². The fraction of sp³-hybridized carbons (Fsp3) is 0.304. The molecule has 0 spiro atoms. The molecule has 8 heteroatoms. The molecule has 1 fully saturated rings. The van der Waals surface area contributed by atoms with Gasteiger partial charge in [0.25, 0.3) is 0 Å². The largest absolute Gasteiger partial charge is 0.375 e. The smallest absolute Gasteiger partial charge is 0.215 e. The Morgan fingerprint density at radius 2 is 2.13 bits per heavy atom. The molecule has 1 aliphatic rings. The molecule has 1 aromatic carbocycles. The summed E-state index contributed by atoms with van der Waals surface area (Å²) < 4.78 is 5.93. The van der Waals surface area contributed by atoms with Gasteiger partial charge in [0, 0.05) is 39.6 Å². The maximum Gasteiger partial charge on any atom is 0.215 e. The number of nitrogens with zero attached hydrogens (tertiary/aromatic N) is 4. The molecule has 156 valence electrons.